The number of halogens is 1. The highest BCUT2D eigenvalue weighted by Crippen LogP contribution is 2.31. The number of alkyl halides is 1. The summed E-state index contributed by atoms with van der Waals surface area (Å²) < 4.78 is 5.58. The molecule has 0 aromatic heterocycles. The smallest absolute Gasteiger partial charge is 0.119 e. The van der Waals surface area contributed by atoms with Crippen LogP contribution in [0.25, 0.3) is 0 Å². The zero-order chi connectivity index (χ0) is 12.9. The van der Waals surface area contributed by atoms with Crippen LogP contribution in [-0.4, -0.2) is 12.0 Å². The van der Waals surface area contributed by atoms with Gasteiger partial charge in [-0.15, -0.1) is 11.6 Å². The van der Waals surface area contributed by atoms with Gasteiger partial charge in [-0.3, -0.25) is 0 Å². The summed E-state index contributed by atoms with van der Waals surface area (Å²) in [5.41, 5.74) is 1.43. The molecule has 0 aliphatic carbocycles. The minimum absolute atomic E-state index is 0.116. The lowest BCUT2D eigenvalue weighted by atomic mass is 9.80. The molecule has 0 saturated carbocycles. The third-order valence-corrected chi connectivity index (χ3v) is 3.05. The quantitative estimate of drug-likeness (QED) is 0.665. The fraction of sp³-hybridized carbons (Fsp3) is 0.600. The van der Waals surface area contributed by atoms with Gasteiger partial charge in [-0.2, -0.15) is 0 Å². The maximum absolute atomic E-state index is 6.09. The van der Waals surface area contributed by atoms with Gasteiger partial charge in [-0.05, 0) is 42.9 Å². The summed E-state index contributed by atoms with van der Waals surface area (Å²) in [4.78, 5) is 0. The summed E-state index contributed by atoms with van der Waals surface area (Å²) in [6.45, 7) is 9.39. The van der Waals surface area contributed by atoms with Crippen LogP contribution in [0, 0.1) is 0 Å². The molecule has 0 fully saturated rings. The van der Waals surface area contributed by atoms with E-state index in [1.807, 2.05) is 19.1 Å². The first-order chi connectivity index (χ1) is 7.95. The number of benzene rings is 1. The van der Waals surface area contributed by atoms with Crippen molar-refractivity contribution in [1.82, 2.24) is 0 Å². The van der Waals surface area contributed by atoms with Crippen LogP contribution >= 0.6 is 11.6 Å². The molecule has 0 amide bonds. The second-order valence-electron chi connectivity index (χ2n) is 5.24. The largest absolute Gasteiger partial charge is 0.494 e. The maximum Gasteiger partial charge on any atom is 0.119 e. The second-order valence-corrected chi connectivity index (χ2v) is 5.99. The summed E-state index contributed by atoms with van der Waals surface area (Å²) >= 11 is 6.09. The van der Waals surface area contributed by atoms with Crippen LogP contribution in [0.3, 0.4) is 0 Å². The zero-order valence-electron chi connectivity index (χ0n) is 11.3. The predicted molar refractivity (Wildman–Crippen MR) is 75.2 cm³/mol. The Morgan fingerprint density at radius 2 is 1.82 bits per heavy atom. The van der Waals surface area contributed by atoms with Crippen LogP contribution in [0.2, 0.25) is 0 Å². The van der Waals surface area contributed by atoms with Gasteiger partial charge in [0.05, 0.1) is 6.61 Å². The van der Waals surface area contributed by atoms with Crippen LogP contribution in [0.4, 0.5) is 0 Å². The van der Waals surface area contributed by atoms with Gasteiger partial charge < -0.3 is 4.74 Å². The molecule has 0 heterocycles. The van der Waals surface area contributed by atoms with E-state index in [0.29, 0.717) is 0 Å². The average Bonchev–Trinajstić information content (AvgIpc) is 2.25. The van der Waals surface area contributed by atoms with Gasteiger partial charge in [0.2, 0.25) is 0 Å². The summed E-state index contributed by atoms with van der Waals surface area (Å²) in [6, 6.07) is 8.38. The molecule has 0 saturated heterocycles. The lowest BCUT2D eigenvalue weighted by molar-refractivity contribution is 0.317. The molecule has 0 spiro atoms. The van der Waals surface area contributed by atoms with Crippen LogP contribution in [-0.2, 0) is 5.41 Å². The molecule has 2 heteroatoms. The number of hydrogen-bond acceptors (Lipinski definition) is 1. The van der Waals surface area contributed by atoms with E-state index >= 15 is 0 Å². The SMILES string of the molecule is CCCOc1ccc(C(C)(C)CC(C)Cl)cc1. The fourth-order valence-electron chi connectivity index (χ4n) is 2.04. The van der Waals surface area contributed by atoms with Gasteiger partial charge >= 0.3 is 0 Å². The van der Waals surface area contributed by atoms with Gasteiger partial charge in [0.25, 0.3) is 0 Å². The third kappa shape index (κ3) is 4.59. The first-order valence-corrected chi connectivity index (χ1v) is 6.77. The Labute approximate surface area is 110 Å². The predicted octanol–water partition coefficient (Wildman–Crippen LogP) is 4.77. The van der Waals surface area contributed by atoms with Gasteiger partial charge in [0.1, 0.15) is 5.75 Å². The van der Waals surface area contributed by atoms with E-state index in [-0.39, 0.29) is 10.8 Å². The van der Waals surface area contributed by atoms with Crippen LogP contribution in [0.1, 0.15) is 46.1 Å². The van der Waals surface area contributed by atoms with Crippen molar-refractivity contribution in [3.05, 3.63) is 29.8 Å². The van der Waals surface area contributed by atoms with Crippen molar-refractivity contribution in [1.29, 1.82) is 0 Å². The van der Waals surface area contributed by atoms with E-state index < -0.39 is 0 Å². The van der Waals surface area contributed by atoms with Crippen LogP contribution in [0.15, 0.2) is 24.3 Å². The minimum atomic E-state index is 0.116. The van der Waals surface area contributed by atoms with E-state index in [0.717, 1.165) is 25.2 Å². The molecule has 1 aromatic rings. The molecule has 0 radical (unpaired) electrons. The molecule has 0 bridgehead atoms. The molecule has 96 valence electrons. The Bertz CT molecular complexity index is 327. The van der Waals surface area contributed by atoms with Crippen molar-refractivity contribution < 1.29 is 4.74 Å². The van der Waals surface area contributed by atoms with E-state index in [4.69, 9.17) is 16.3 Å². The fourth-order valence-corrected chi connectivity index (χ4v) is 2.43. The van der Waals surface area contributed by atoms with Gasteiger partial charge in [-0.25, -0.2) is 0 Å². The highest BCUT2D eigenvalue weighted by molar-refractivity contribution is 6.20. The minimum Gasteiger partial charge on any atom is -0.494 e. The molecule has 1 unspecified atom stereocenters. The summed E-state index contributed by atoms with van der Waals surface area (Å²) in [7, 11) is 0. The van der Waals surface area contributed by atoms with Gasteiger partial charge in [-0.1, -0.05) is 32.9 Å². The van der Waals surface area contributed by atoms with Gasteiger partial charge in [0, 0.05) is 5.38 Å². The van der Waals surface area contributed by atoms with E-state index in [1.165, 1.54) is 5.56 Å². The van der Waals surface area contributed by atoms with Crippen molar-refractivity contribution in [3.63, 3.8) is 0 Å². The third-order valence-electron chi connectivity index (χ3n) is 2.90. The molecule has 1 aromatic carbocycles. The van der Waals surface area contributed by atoms with E-state index in [1.54, 1.807) is 0 Å². The molecule has 0 N–H and O–H groups in total. The molecular formula is C15H23ClO. The Morgan fingerprint density at radius 1 is 1.24 bits per heavy atom. The van der Waals surface area contributed by atoms with Crippen LogP contribution < -0.4 is 4.74 Å². The molecule has 1 rings (SSSR count). The first-order valence-electron chi connectivity index (χ1n) is 6.33. The maximum atomic E-state index is 6.09. The standard InChI is InChI=1S/C15H23ClO/c1-5-10-17-14-8-6-13(7-9-14)15(3,4)11-12(2)16/h6-9,12H,5,10-11H2,1-4H3. The molecule has 1 nitrogen and oxygen atoms in total. The van der Waals surface area contributed by atoms with Gasteiger partial charge in [0.15, 0.2) is 0 Å². The van der Waals surface area contributed by atoms with Crippen molar-refractivity contribution in [2.75, 3.05) is 6.61 Å². The molecule has 0 aliphatic heterocycles. The lowest BCUT2D eigenvalue weighted by Gasteiger charge is -2.26. The van der Waals surface area contributed by atoms with Crippen LogP contribution in [0.5, 0.6) is 5.75 Å². The van der Waals surface area contributed by atoms with Crippen molar-refractivity contribution in [3.8, 4) is 5.75 Å². The molecular weight excluding hydrogens is 232 g/mol. The Morgan fingerprint density at radius 3 is 2.29 bits per heavy atom. The summed E-state index contributed by atoms with van der Waals surface area (Å²) in [5.74, 6) is 0.949. The Hall–Kier alpha value is -0.690. The second kappa shape index (κ2) is 6.30. The number of rotatable bonds is 6. The molecule has 17 heavy (non-hydrogen) atoms. The molecule has 0 aliphatic rings. The highest BCUT2D eigenvalue weighted by Gasteiger charge is 2.22. The Kier molecular flexibility index (Phi) is 5.32. The lowest BCUT2D eigenvalue weighted by Crippen LogP contribution is -2.20. The van der Waals surface area contributed by atoms with Crippen molar-refractivity contribution >= 4 is 11.6 Å². The first kappa shape index (κ1) is 14.4. The molecule has 1 atom stereocenters. The highest BCUT2D eigenvalue weighted by atomic mass is 35.5. The van der Waals surface area contributed by atoms with Crippen molar-refractivity contribution in [2.24, 2.45) is 0 Å². The summed E-state index contributed by atoms with van der Waals surface area (Å²) in [5, 5.41) is 0.195. The average molecular weight is 255 g/mol. The topological polar surface area (TPSA) is 9.23 Å². The zero-order valence-corrected chi connectivity index (χ0v) is 12.1. The summed E-state index contributed by atoms with van der Waals surface area (Å²) in [6.07, 6.45) is 2.01. The van der Waals surface area contributed by atoms with E-state index in [9.17, 15) is 0 Å². The normalized spacial score (nSPS) is 13.5. The monoisotopic (exact) mass is 254 g/mol. The number of ether oxygens (including phenoxy) is 1. The van der Waals surface area contributed by atoms with Crippen molar-refractivity contribution in [2.45, 2.75) is 51.3 Å². The number of hydrogen-bond donors (Lipinski definition) is 0. The Balaban J connectivity index is 2.72. The van der Waals surface area contributed by atoms with E-state index in [2.05, 4.69) is 32.9 Å².